The van der Waals surface area contributed by atoms with E-state index in [1.807, 2.05) is 36.4 Å². The van der Waals surface area contributed by atoms with E-state index in [2.05, 4.69) is 91.0 Å². The second-order valence-corrected chi connectivity index (χ2v) is 23.0. The van der Waals surface area contributed by atoms with Gasteiger partial charge < -0.3 is 81.9 Å². The van der Waals surface area contributed by atoms with Gasteiger partial charge in [0.15, 0.2) is 0 Å². The smallest absolute Gasteiger partial charge is 0.408 e. The van der Waals surface area contributed by atoms with Crippen LogP contribution in [0.3, 0.4) is 0 Å². The highest BCUT2D eigenvalue weighted by Crippen LogP contribution is 2.28. The Morgan fingerprint density at radius 2 is 0.971 bits per heavy atom. The van der Waals surface area contributed by atoms with Crippen molar-refractivity contribution in [1.82, 2.24) is 36.5 Å². The fourth-order valence-electron chi connectivity index (χ4n) is 8.81. The van der Waals surface area contributed by atoms with Crippen LogP contribution in [0, 0.1) is 32.1 Å². The van der Waals surface area contributed by atoms with E-state index >= 15 is 0 Å². The summed E-state index contributed by atoms with van der Waals surface area (Å²) in [5, 5.41) is 41.6. The summed E-state index contributed by atoms with van der Waals surface area (Å²) in [5.74, 6) is -3.91. The fourth-order valence-corrected chi connectivity index (χ4v) is 8.81. The average Bonchev–Trinajstić information content (AvgIpc) is 1.74. The van der Waals surface area contributed by atoms with Crippen molar-refractivity contribution in [2.45, 2.75) is 98.4 Å². The minimum atomic E-state index is -1.23. The van der Waals surface area contributed by atoms with Gasteiger partial charge in [-0.05, 0) is 65.5 Å². The number of hydroxylamine groups is 2. The molecule has 9 amide bonds. The molecule has 4 aromatic rings. The molecule has 105 heavy (non-hydrogen) atoms. The number of carbonyl (C=O) groups excluding carboxylic acids is 10. The molecule has 1 aliphatic heterocycles. The highest BCUT2D eigenvalue weighted by atomic mass is 16.7. The van der Waals surface area contributed by atoms with E-state index in [9.17, 15) is 68.2 Å². The molecule has 4 aromatic carbocycles. The van der Waals surface area contributed by atoms with Crippen LogP contribution in [0.1, 0.15) is 105 Å². The van der Waals surface area contributed by atoms with Crippen LogP contribution in [0.25, 0.3) is 20.9 Å². The number of nitrogens with one attached hydrogen (secondary N) is 5. The van der Waals surface area contributed by atoms with Crippen LogP contribution in [-0.2, 0) is 75.2 Å². The molecular weight excluding hydrogens is 1380 g/mol. The molecule has 0 radical (unpaired) electrons. The monoisotopic (exact) mass is 1470 g/mol. The summed E-state index contributed by atoms with van der Waals surface area (Å²) in [7, 11) is 0. The number of hydrogen-bond acceptors (Lipinski definition) is 25. The van der Waals surface area contributed by atoms with Crippen molar-refractivity contribution in [1.29, 1.82) is 0 Å². The first-order valence-corrected chi connectivity index (χ1v) is 33.1. The van der Waals surface area contributed by atoms with Crippen molar-refractivity contribution in [3.05, 3.63) is 160 Å². The zero-order valence-electron chi connectivity index (χ0n) is 59.1. The molecule has 1 saturated heterocycles. The van der Waals surface area contributed by atoms with E-state index in [1.54, 1.807) is 24.3 Å². The van der Waals surface area contributed by atoms with Gasteiger partial charge in [0.1, 0.15) is 36.4 Å². The summed E-state index contributed by atoms with van der Waals surface area (Å²) in [6, 6.07) is 22.6. The SMILES string of the molecule is CCN(CC(C)C)CC(C)C.NCCOCCOCCNC(=O)C(CCC(N)=O)NC(=O)OCc1ccccc1.[N-]=[N+]=Nc1ccc(C(=O)NCCOCCOCCNC(=O)C(CCC(N)=O)NC(=O)OCc2ccccc2)c([N+](=O)[O-])c1.[N-]=[N+]=Nc1ccc(C(=O)ON2C(=O)CCC2=O)c([N+](=O)[O-])c1. The lowest BCUT2D eigenvalue weighted by molar-refractivity contribution is -0.385. The summed E-state index contributed by atoms with van der Waals surface area (Å²) in [6.07, 6.45) is -1.88. The number of alkyl carbamates (subject to hydrolysis) is 2. The summed E-state index contributed by atoms with van der Waals surface area (Å²) < 4.78 is 31.4. The zero-order valence-corrected chi connectivity index (χ0v) is 59.1. The van der Waals surface area contributed by atoms with Crippen LogP contribution < -0.4 is 43.8 Å². The lowest BCUT2D eigenvalue weighted by Crippen LogP contribution is -2.48. The maximum absolute atomic E-state index is 12.5. The molecule has 572 valence electrons. The summed E-state index contributed by atoms with van der Waals surface area (Å²) in [5.41, 5.74) is 32.0. The summed E-state index contributed by atoms with van der Waals surface area (Å²) in [6.45, 7) is 18.1. The Morgan fingerprint density at radius 1 is 0.581 bits per heavy atom. The van der Waals surface area contributed by atoms with Gasteiger partial charge in [0, 0.05) is 98.3 Å². The number of ether oxygens (including phenoxy) is 6. The maximum atomic E-state index is 12.5. The van der Waals surface area contributed by atoms with Crippen molar-refractivity contribution in [3.63, 3.8) is 0 Å². The summed E-state index contributed by atoms with van der Waals surface area (Å²) in [4.78, 5) is 151. The van der Waals surface area contributed by atoms with E-state index in [4.69, 9.17) is 56.7 Å². The Bertz CT molecular complexity index is 3520. The number of hydrogen-bond donors (Lipinski definition) is 8. The molecular formula is C66H92N18O21. The van der Waals surface area contributed by atoms with Gasteiger partial charge in [0.2, 0.25) is 23.6 Å². The van der Waals surface area contributed by atoms with Crippen LogP contribution in [0.4, 0.5) is 32.3 Å². The molecule has 0 spiro atoms. The number of nitro benzene ring substituents is 2. The van der Waals surface area contributed by atoms with Crippen LogP contribution in [-0.4, -0.2) is 190 Å². The standard InChI is InChI=1S/C26H32N8O9.C19H30N4O6.C11H7N5O6.C10H23N/c27-23(35)9-8-21(31-26(38)43-17-18-4-2-1-3-5-18)25(37)30-11-13-42-15-14-41-12-10-29-24(36)20-7-6-19(32-33-28)16-22(20)34(39)40;20-8-10-27-12-13-28-11-9-22-18(25)16(6-7-17(21)24)23-19(26)29-14-15-4-2-1-3-5-15;12-14-13-6-1-2-7(8(5-6)16(20)21)11(19)22-15-9(17)3-4-10(15)18;1-6-11(7-9(2)3)8-10(4)5/h1-7,16,21H,8-15,17H2,(H2,27,35)(H,29,36)(H,30,37)(H,31,38);1-5,16H,6-14,20H2,(H2,21,24)(H,22,25)(H,23,26);1-2,5H,3-4H2;9-10H,6-8H2,1-5H3. The molecule has 1 fully saturated rings. The number of rotatable bonds is 43. The number of nitrogens with two attached hydrogens (primary N) is 3. The second-order valence-electron chi connectivity index (χ2n) is 23.0. The Morgan fingerprint density at radius 3 is 1.34 bits per heavy atom. The van der Waals surface area contributed by atoms with Crippen molar-refractivity contribution in [3.8, 4) is 0 Å². The highest BCUT2D eigenvalue weighted by Gasteiger charge is 2.35. The predicted molar refractivity (Wildman–Crippen MR) is 377 cm³/mol. The molecule has 2 atom stereocenters. The van der Waals surface area contributed by atoms with Gasteiger partial charge in [-0.3, -0.25) is 53.8 Å². The van der Waals surface area contributed by atoms with Gasteiger partial charge in [-0.1, -0.05) is 118 Å². The molecule has 11 N–H and O–H groups in total. The second kappa shape index (κ2) is 52.5. The van der Waals surface area contributed by atoms with Crippen LogP contribution in [0.5, 0.6) is 0 Å². The van der Waals surface area contributed by atoms with E-state index in [1.165, 1.54) is 31.8 Å². The first-order valence-electron chi connectivity index (χ1n) is 33.1. The molecule has 0 aliphatic carbocycles. The number of carbonyl (C=O) groups is 10. The lowest BCUT2D eigenvalue weighted by atomic mass is 10.1. The molecule has 2 unspecified atom stereocenters. The highest BCUT2D eigenvalue weighted by molar-refractivity contribution is 6.03. The minimum Gasteiger partial charge on any atom is -0.445 e. The Balaban J connectivity index is 0.000000521. The number of benzene rings is 4. The maximum Gasteiger partial charge on any atom is 0.408 e. The fraction of sp³-hybridized carbons (Fsp3) is 0.485. The molecule has 0 aromatic heterocycles. The number of imide groups is 1. The van der Waals surface area contributed by atoms with Crippen LogP contribution >= 0.6 is 0 Å². The molecule has 1 aliphatic rings. The quantitative estimate of drug-likeness (QED) is 0.00478. The normalized spacial score (nSPS) is 11.8. The van der Waals surface area contributed by atoms with Gasteiger partial charge in [-0.15, -0.1) is 5.06 Å². The topological polar surface area (TPSA) is 564 Å². The van der Waals surface area contributed by atoms with Gasteiger partial charge in [0.05, 0.1) is 62.7 Å². The van der Waals surface area contributed by atoms with Crippen molar-refractivity contribution in [2.75, 3.05) is 98.7 Å². The Labute approximate surface area is 604 Å². The van der Waals surface area contributed by atoms with Crippen molar-refractivity contribution in [2.24, 2.45) is 39.3 Å². The van der Waals surface area contributed by atoms with Gasteiger partial charge >= 0.3 is 18.2 Å². The third-order valence-electron chi connectivity index (χ3n) is 13.6. The lowest BCUT2D eigenvalue weighted by Gasteiger charge is -2.24. The van der Waals surface area contributed by atoms with E-state index in [-0.39, 0.29) is 126 Å². The molecule has 39 nitrogen and oxygen atoms in total. The number of amides is 9. The van der Waals surface area contributed by atoms with E-state index in [0.29, 0.717) is 26.4 Å². The van der Waals surface area contributed by atoms with E-state index in [0.717, 1.165) is 47.2 Å². The average molecular weight is 1470 g/mol. The molecule has 39 heteroatoms. The Kier molecular flexibility index (Phi) is 44.8. The first kappa shape index (κ1) is 89.6. The van der Waals surface area contributed by atoms with Crippen molar-refractivity contribution >= 4 is 82.3 Å². The van der Waals surface area contributed by atoms with Crippen LogP contribution in [0.15, 0.2) is 107 Å². The van der Waals surface area contributed by atoms with Gasteiger partial charge in [-0.2, -0.15) is 0 Å². The van der Waals surface area contributed by atoms with Gasteiger partial charge in [0.25, 0.3) is 29.1 Å². The van der Waals surface area contributed by atoms with Gasteiger partial charge in [-0.25, -0.2) is 14.4 Å². The number of primary amides is 2. The third-order valence-corrected chi connectivity index (χ3v) is 13.6. The zero-order chi connectivity index (χ0) is 77.9. The van der Waals surface area contributed by atoms with E-state index < -0.39 is 98.4 Å². The number of nitrogens with zero attached hydrogens (tertiary/aromatic N) is 10. The molecule has 0 bridgehead atoms. The van der Waals surface area contributed by atoms with Crippen molar-refractivity contribution < 1.29 is 91.1 Å². The molecule has 1 heterocycles. The summed E-state index contributed by atoms with van der Waals surface area (Å²) >= 11 is 0. The minimum absolute atomic E-state index is 0.00690. The predicted octanol–water partition coefficient (Wildman–Crippen LogP) is 6.01. The third kappa shape index (κ3) is 39.5. The Hall–Kier alpha value is -11.4. The largest absolute Gasteiger partial charge is 0.445 e. The first-order chi connectivity index (χ1) is 50.2. The molecule has 0 saturated carbocycles. The molecule has 5 rings (SSSR count). The number of nitro groups is 2. The van der Waals surface area contributed by atoms with Crippen LogP contribution in [0.2, 0.25) is 0 Å². The number of azide groups is 2.